The first-order chi connectivity index (χ1) is 4.06. The van der Waals surface area contributed by atoms with Crippen LogP contribution in [0, 0.1) is 5.41 Å². The van der Waals surface area contributed by atoms with Gasteiger partial charge in [0.05, 0.1) is 0 Å². The molecule has 0 amide bonds. The molecule has 1 spiro atoms. The summed E-state index contributed by atoms with van der Waals surface area (Å²) in [5.41, 5.74) is -0.869. The first-order valence-corrected chi connectivity index (χ1v) is 3.08. The highest BCUT2D eigenvalue weighted by molar-refractivity contribution is 5.17. The van der Waals surface area contributed by atoms with Crippen LogP contribution in [-0.2, 0) is 0 Å². The number of rotatable bonds is 0. The summed E-state index contributed by atoms with van der Waals surface area (Å²) in [5, 5.41) is 0. The molecule has 0 bridgehead atoms. The molecule has 0 aromatic rings. The molecule has 2 fully saturated rings. The van der Waals surface area contributed by atoms with Gasteiger partial charge in [-0.15, -0.1) is 0 Å². The van der Waals surface area contributed by atoms with Gasteiger partial charge in [0.1, 0.15) is 6.17 Å². The van der Waals surface area contributed by atoms with Crippen molar-refractivity contribution in [2.45, 2.75) is 31.4 Å². The van der Waals surface area contributed by atoms with Crippen LogP contribution in [0.25, 0.3) is 0 Å². The lowest BCUT2D eigenvalue weighted by Crippen LogP contribution is -2.31. The van der Waals surface area contributed by atoms with Crippen LogP contribution in [0.3, 0.4) is 0 Å². The van der Waals surface area contributed by atoms with Crippen molar-refractivity contribution in [1.82, 2.24) is 0 Å². The van der Waals surface area contributed by atoms with Crippen molar-refractivity contribution in [2.75, 3.05) is 0 Å². The Morgan fingerprint density at radius 3 is 1.78 bits per heavy atom. The van der Waals surface area contributed by atoms with E-state index in [-0.39, 0.29) is 19.3 Å². The molecule has 2 aliphatic rings. The molecule has 3 heteroatoms. The van der Waals surface area contributed by atoms with Crippen molar-refractivity contribution >= 4 is 0 Å². The Morgan fingerprint density at radius 2 is 1.67 bits per heavy atom. The van der Waals surface area contributed by atoms with Crippen LogP contribution in [0.2, 0.25) is 0 Å². The van der Waals surface area contributed by atoms with Gasteiger partial charge in [-0.25, -0.2) is 13.2 Å². The Labute approximate surface area is 51.0 Å². The van der Waals surface area contributed by atoms with E-state index in [0.29, 0.717) is 0 Å². The minimum atomic E-state index is -2.52. The third-order valence-corrected chi connectivity index (χ3v) is 2.44. The highest BCUT2D eigenvalue weighted by atomic mass is 19.3. The zero-order valence-electron chi connectivity index (χ0n) is 4.83. The molecule has 2 aliphatic carbocycles. The average molecular weight is 136 g/mol. The number of alkyl halides is 3. The smallest absolute Gasteiger partial charge is 0.247 e. The maximum Gasteiger partial charge on any atom is 0.254 e. The van der Waals surface area contributed by atoms with Gasteiger partial charge in [-0.05, 0) is 12.8 Å². The van der Waals surface area contributed by atoms with Gasteiger partial charge in [0.2, 0.25) is 0 Å². The average Bonchev–Trinajstić information content (AvgIpc) is 2.06. The van der Waals surface area contributed by atoms with E-state index in [1.165, 1.54) is 0 Å². The van der Waals surface area contributed by atoms with Crippen LogP contribution in [0.5, 0.6) is 0 Å². The van der Waals surface area contributed by atoms with Crippen molar-refractivity contribution < 1.29 is 13.2 Å². The Morgan fingerprint density at radius 1 is 1.22 bits per heavy atom. The molecule has 0 N–H and O–H groups in total. The van der Waals surface area contributed by atoms with Crippen molar-refractivity contribution in [1.29, 1.82) is 0 Å². The number of hydrogen-bond donors (Lipinski definition) is 0. The van der Waals surface area contributed by atoms with Crippen LogP contribution in [0.4, 0.5) is 13.2 Å². The summed E-state index contributed by atoms with van der Waals surface area (Å²) in [5.74, 6) is -2.52. The Hall–Kier alpha value is -0.210. The molecule has 0 aromatic carbocycles. The van der Waals surface area contributed by atoms with Crippen LogP contribution in [0.15, 0.2) is 0 Å². The Balaban J connectivity index is 2.03. The van der Waals surface area contributed by atoms with Crippen LogP contribution >= 0.6 is 0 Å². The van der Waals surface area contributed by atoms with Gasteiger partial charge in [0.15, 0.2) is 0 Å². The maximum atomic E-state index is 12.2. The third kappa shape index (κ3) is 0.503. The Kier molecular flexibility index (Phi) is 0.702. The summed E-state index contributed by atoms with van der Waals surface area (Å²) in [4.78, 5) is 0. The minimum Gasteiger partial charge on any atom is -0.247 e. The first-order valence-electron chi connectivity index (χ1n) is 3.08. The maximum absolute atomic E-state index is 12.2. The van der Waals surface area contributed by atoms with E-state index in [1.54, 1.807) is 0 Å². The van der Waals surface area contributed by atoms with Gasteiger partial charge < -0.3 is 0 Å². The largest absolute Gasteiger partial charge is 0.254 e. The van der Waals surface area contributed by atoms with Crippen molar-refractivity contribution in [3.05, 3.63) is 0 Å². The van der Waals surface area contributed by atoms with E-state index in [0.717, 1.165) is 0 Å². The van der Waals surface area contributed by atoms with Crippen LogP contribution in [-0.4, -0.2) is 12.1 Å². The molecule has 0 heterocycles. The SMILES string of the molecule is FC1CC2(C1)CC2(F)F. The lowest BCUT2D eigenvalue weighted by atomic mass is 9.79. The van der Waals surface area contributed by atoms with Crippen LogP contribution < -0.4 is 0 Å². The van der Waals surface area contributed by atoms with Gasteiger partial charge in [-0.3, -0.25) is 0 Å². The van der Waals surface area contributed by atoms with Crippen LogP contribution in [0.1, 0.15) is 19.3 Å². The number of halogens is 3. The first kappa shape index (κ1) is 5.57. The predicted octanol–water partition coefficient (Wildman–Crippen LogP) is 2.14. The molecule has 0 saturated heterocycles. The molecule has 0 radical (unpaired) electrons. The fourth-order valence-corrected chi connectivity index (χ4v) is 1.61. The monoisotopic (exact) mass is 136 g/mol. The molecule has 0 unspecified atom stereocenters. The van der Waals surface area contributed by atoms with Crippen molar-refractivity contribution in [3.63, 3.8) is 0 Å². The summed E-state index contributed by atoms with van der Waals surface area (Å²) < 4.78 is 36.5. The second-order valence-corrected chi connectivity index (χ2v) is 3.17. The van der Waals surface area contributed by atoms with E-state index in [4.69, 9.17) is 0 Å². The molecular weight excluding hydrogens is 129 g/mol. The quantitative estimate of drug-likeness (QED) is 0.478. The van der Waals surface area contributed by atoms with Gasteiger partial charge in [-0.2, -0.15) is 0 Å². The lowest BCUT2D eigenvalue weighted by Gasteiger charge is -2.29. The van der Waals surface area contributed by atoms with E-state index in [2.05, 4.69) is 0 Å². The molecule has 52 valence electrons. The van der Waals surface area contributed by atoms with E-state index >= 15 is 0 Å². The molecule has 2 saturated carbocycles. The zero-order chi connectivity index (χ0) is 6.70. The second kappa shape index (κ2) is 1.13. The van der Waals surface area contributed by atoms with Crippen molar-refractivity contribution in [2.24, 2.45) is 5.41 Å². The van der Waals surface area contributed by atoms with E-state index in [9.17, 15) is 13.2 Å². The van der Waals surface area contributed by atoms with Gasteiger partial charge in [-0.1, -0.05) is 0 Å². The summed E-state index contributed by atoms with van der Waals surface area (Å²) in [6.07, 6.45) is -0.821. The van der Waals surface area contributed by atoms with Gasteiger partial charge >= 0.3 is 0 Å². The van der Waals surface area contributed by atoms with E-state index in [1.807, 2.05) is 0 Å². The molecule has 0 aliphatic heterocycles. The highest BCUT2D eigenvalue weighted by Crippen LogP contribution is 2.71. The Bertz CT molecular complexity index is 146. The second-order valence-electron chi connectivity index (χ2n) is 3.17. The third-order valence-electron chi connectivity index (χ3n) is 2.44. The fraction of sp³-hybridized carbons (Fsp3) is 1.00. The normalized spacial score (nSPS) is 53.0. The fourth-order valence-electron chi connectivity index (χ4n) is 1.61. The minimum absolute atomic E-state index is 0.0690. The number of hydrogen-bond acceptors (Lipinski definition) is 0. The van der Waals surface area contributed by atoms with Gasteiger partial charge in [0, 0.05) is 11.8 Å². The van der Waals surface area contributed by atoms with Crippen molar-refractivity contribution in [3.8, 4) is 0 Å². The summed E-state index contributed by atoms with van der Waals surface area (Å²) >= 11 is 0. The van der Waals surface area contributed by atoms with Gasteiger partial charge in [0.25, 0.3) is 5.92 Å². The lowest BCUT2D eigenvalue weighted by molar-refractivity contribution is -0.0102. The molecule has 0 nitrogen and oxygen atoms in total. The molecule has 0 atom stereocenters. The molecule has 0 aromatic heterocycles. The summed E-state index contributed by atoms with van der Waals surface area (Å²) in [7, 11) is 0. The summed E-state index contributed by atoms with van der Waals surface area (Å²) in [6.45, 7) is 0. The molecule has 2 rings (SSSR count). The van der Waals surface area contributed by atoms with E-state index < -0.39 is 17.5 Å². The topological polar surface area (TPSA) is 0 Å². The standard InChI is InChI=1S/C6H7F3/c7-4-1-5(2-4)3-6(5,8)9/h4H,1-3H2. The predicted molar refractivity (Wildman–Crippen MR) is 26.1 cm³/mol. The molecular formula is C6H7F3. The molecule has 9 heavy (non-hydrogen) atoms. The summed E-state index contributed by atoms with van der Waals surface area (Å²) in [6, 6.07) is 0. The zero-order valence-corrected chi connectivity index (χ0v) is 4.83. The highest BCUT2D eigenvalue weighted by Gasteiger charge is 2.75.